The normalized spacial score (nSPS) is 17.0. The maximum absolute atomic E-state index is 13.4. The Bertz CT molecular complexity index is 1310. The lowest BCUT2D eigenvalue weighted by molar-refractivity contribution is -0.140. The molecule has 1 atom stereocenters. The van der Waals surface area contributed by atoms with Gasteiger partial charge in [0.2, 0.25) is 0 Å². The lowest BCUT2D eigenvalue weighted by Crippen LogP contribution is -2.29. The highest BCUT2D eigenvalue weighted by Gasteiger charge is 2.46. The Hall–Kier alpha value is -3.38. The summed E-state index contributed by atoms with van der Waals surface area (Å²) in [6.07, 6.45) is 0. The van der Waals surface area contributed by atoms with E-state index in [-0.39, 0.29) is 17.9 Å². The van der Waals surface area contributed by atoms with Crippen LogP contribution >= 0.6 is 15.9 Å². The van der Waals surface area contributed by atoms with Gasteiger partial charge in [-0.25, -0.2) is 0 Å². The van der Waals surface area contributed by atoms with Crippen molar-refractivity contribution in [3.8, 4) is 0 Å². The molecule has 0 radical (unpaired) electrons. The SMILES string of the molecule is CCN(CC)c1ccc(C2/C(=C(/O)c3ccc(Br)cc3)C(=O)C(=O)N2Cc2cc(C)ccc2C)cc1. The van der Waals surface area contributed by atoms with E-state index in [0.29, 0.717) is 5.56 Å². The van der Waals surface area contributed by atoms with E-state index >= 15 is 0 Å². The van der Waals surface area contributed by atoms with Gasteiger partial charge in [0.05, 0.1) is 11.6 Å². The van der Waals surface area contributed by atoms with Crippen LogP contribution in [0.1, 0.15) is 47.7 Å². The Kier molecular flexibility index (Phi) is 7.65. The van der Waals surface area contributed by atoms with Crippen LogP contribution in [0.3, 0.4) is 0 Å². The Labute approximate surface area is 221 Å². The van der Waals surface area contributed by atoms with Crippen molar-refractivity contribution in [2.75, 3.05) is 18.0 Å². The van der Waals surface area contributed by atoms with Crippen LogP contribution in [0.5, 0.6) is 0 Å². The molecule has 4 rings (SSSR count). The Morgan fingerprint density at radius 3 is 2.19 bits per heavy atom. The van der Waals surface area contributed by atoms with Crippen molar-refractivity contribution in [2.24, 2.45) is 0 Å². The van der Waals surface area contributed by atoms with Crippen LogP contribution in [0.25, 0.3) is 5.76 Å². The summed E-state index contributed by atoms with van der Waals surface area (Å²) in [4.78, 5) is 30.6. The van der Waals surface area contributed by atoms with E-state index in [4.69, 9.17) is 0 Å². The van der Waals surface area contributed by atoms with E-state index < -0.39 is 17.7 Å². The number of likely N-dealkylation sites (tertiary alicyclic amines) is 1. The number of halogens is 1. The molecule has 1 saturated heterocycles. The number of benzene rings is 3. The molecule has 1 aliphatic heterocycles. The first kappa shape index (κ1) is 25.7. The largest absolute Gasteiger partial charge is 0.507 e. The number of hydrogen-bond donors (Lipinski definition) is 1. The van der Waals surface area contributed by atoms with Gasteiger partial charge in [0.1, 0.15) is 5.76 Å². The predicted molar refractivity (Wildman–Crippen MR) is 148 cm³/mol. The molecule has 1 aliphatic rings. The maximum Gasteiger partial charge on any atom is 0.295 e. The number of aryl methyl sites for hydroxylation is 2. The van der Waals surface area contributed by atoms with E-state index in [1.165, 1.54) is 0 Å². The molecular formula is C30H31BrN2O3. The Balaban J connectivity index is 1.85. The molecular weight excluding hydrogens is 516 g/mol. The lowest BCUT2D eigenvalue weighted by Gasteiger charge is -2.27. The fraction of sp³-hybridized carbons (Fsp3) is 0.267. The number of amides is 1. The van der Waals surface area contributed by atoms with Gasteiger partial charge in [0.25, 0.3) is 11.7 Å². The number of carbonyl (C=O) groups is 2. The van der Waals surface area contributed by atoms with Gasteiger partial charge in [-0.1, -0.05) is 64.0 Å². The van der Waals surface area contributed by atoms with Gasteiger partial charge >= 0.3 is 0 Å². The van der Waals surface area contributed by atoms with Gasteiger partial charge in [0.15, 0.2) is 0 Å². The number of aliphatic hydroxyl groups is 1. The fourth-order valence-electron chi connectivity index (χ4n) is 4.76. The molecule has 0 bridgehead atoms. The highest BCUT2D eigenvalue weighted by atomic mass is 79.9. The average molecular weight is 547 g/mol. The molecule has 1 amide bonds. The van der Waals surface area contributed by atoms with E-state index in [9.17, 15) is 14.7 Å². The zero-order valence-corrected chi connectivity index (χ0v) is 22.7. The van der Waals surface area contributed by atoms with Gasteiger partial charge in [-0.2, -0.15) is 0 Å². The number of ketones is 1. The molecule has 0 aliphatic carbocycles. The van der Waals surface area contributed by atoms with Gasteiger partial charge in [-0.05, 0) is 68.7 Å². The second-order valence-electron chi connectivity index (χ2n) is 9.13. The van der Waals surface area contributed by atoms with Crippen molar-refractivity contribution in [3.63, 3.8) is 0 Å². The zero-order chi connectivity index (χ0) is 26.0. The Morgan fingerprint density at radius 1 is 0.944 bits per heavy atom. The average Bonchev–Trinajstić information content (AvgIpc) is 3.12. The first-order valence-corrected chi connectivity index (χ1v) is 13.0. The van der Waals surface area contributed by atoms with Crippen LogP contribution in [0, 0.1) is 13.8 Å². The number of carbonyl (C=O) groups excluding carboxylic acids is 2. The minimum Gasteiger partial charge on any atom is -0.507 e. The van der Waals surface area contributed by atoms with Gasteiger partial charge < -0.3 is 14.9 Å². The summed E-state index contributed by atoms with van der Waals surface area (Å²) in [6, 6.07) is 20.4. The summed E-state index contributed by atoms with van der Waals surface area (Å²) in [5.74, 6) is -1.44. The third-order valence-corrected chi connectivity index (χ3v) is 7.37. The highest BCUT2D eigenvalue weighted by Crippen LogP contribution is 2.41. The zero-order valence-electron chi connectivity index (χ0n) is 21.1. The van der Waals surface area contributed by atoms with Gasteiger partial charge in [-0.3, -0.25) is 9.59 Å². The standard InChI is InChI=1S/C30H31BrN2O3/c1-5-32(6-2)25-15-11-21(12-16-25)27-26(28(34)22-9-13-24(31)14-10-22)29(35)30(36)33(27)18-23-17-19(3)7-8-20(23)4/h7-17,27,34H,5-6,18H2,1-4H3/b28-26-. The molecule has 186 valence electrons. The molecule has 1 unspecified atom stereocenters. The second-order valence-corrected chi connectivity index (χ2v) is 10.0. The molecule has 0 spiro atoms. The smallest absolute Gasteiger partial charge is 0.295 e. The third kappa shape index (κ3) is 4.96. The molecule has 6 heteroatoms. The molecule has 36 heavy (non-hydrogen) atoms. The minimum atomic E-state index is -0.695. The van der Waals surface area contributed by atoms with Crippen LogP contribution in [0.15, 0.2) is 76.8 Å². The van der Waals surface area contributed by atoms with Crippen LogP contribution in [-0.4, -0.2) is 34.8 Å². The number of nitrogens with zero attached hydrogens (tertiary/aromatic N) is 2. The summed E-state index contributed by atoms with van der Waals surface area (Å²) in [5.41, 5.74) is 5.58. The quantitative estimate of drug-likeness (QED) is 0.208. The number of rotatable bonds is 7. The minimum absolute atomic E-state index is 0.114. The number of Topliss-reactive ketones (excluding diaryl/α,β-unsaturated/α-hetero) is 1. The Morgan fingerprint density at radius 2 is 1.58 bits per heavy atom. The van der Waals surface area contributed by atoms with Crippen molar-refractivity contribution in [1.29, 1.82) is 0 Å². The van der Waals surface area contributed by atoms with E-state index in [0.717, 1.165) is 45.5 Å². The molecule has 1 fully saturated rings. The van der Waals surface area contributed by atoms with Crippen molar-refractivity contribution in [3.05, 3.63) is 105 Å². The predicted octanol–water partition coefficient (Wildman–Crippen LogP) is 6.53. The van der Waals surface area contributed by atoms with Crippen LogP contribution in [-0.2, 0) is 16.1 Å². The number of anilines is 1. The molecule has 3 aromatic carbocycles. The maximum atomic E-state index is 13.4. The summed E-state index contributed by atoms with van der Waals surface area (Å²) < 4.78 is 0.859. The first-order valence-electron chi connectivity index (χ1n) is 12.2. The summed E-state index contributed by atoms with van der Waals surface area (Å²) in [6.45, 7) is 10.3. The summed E-state index contributed by atoms with van der Waals surface area (Å²) in [5, 5.41) is 11.3. The number of hydrogen-bond acceptors (Lipinski definition) is 4. The van der Waals surface area contributed by atoms with Crippen LogP contribution in [0.4, 0.5) is 5.69 Å². The molecule has 5 nitrogen and oxygen atoms in total. The van der Waals surface area contributed by atoms with Crippen LogP contribution < -0.4 is 4.90 Å². The molecule has 0 saturated carbocycles. The summed E-state index contributed by atoms with van der Waals surface area (Å²) in [7, 11) is 0. The van der Waals surface area contributed by atoms with Crippen molar-refractivity contribution < 1.29 is 14.7 Å². The monoisotopic (exact) mass is 546 g/mol. The number of aliphatic hydroxyl groups excluding tert-OH is 1. The topological polar surface area (TPSA) is 60.9 Å². The fourth-order valence-corrected chi connectivity index (χ4v) is 5.03. The molecule has 0 aromatic heterocycles. The van der Waals surface area contributed by atoms with Crippen LogP contribution in [0.2, 0.25) is 0 Å². The second kappa shape index (κ2) is 10.7. The van der Waals surface area contributed by atoms with E-state index in [1.54, 1.807) is 29.2 Å². The summed E-state index contributed by atoms with van der Waals surface area (Å²) >= 11 is 3.41. The van der Waals surface area contributed by atoms with Gasteiger partial charge in [-0.15, -0.1) is 0 Å². The molecule has 1 N–H and O–H groups in total. The van der Waals surface area contributed by atoms with Gasteiger partial charge in [0, 0.05) is 35.4 Å². The van der Waals surface area contributed by atoms with E-state index in [1.807, 2.05) is 56.3 Å². The van der Waals surface area contributed by atoms with Crippen molar-refractivity contribution >= 4 is 39.1 Å². The molecule has 1 heterocycles. The van der Waals surface area contributed by atoms with Crippen molar-refractivity contribution in [2.45, 2.75) is 40.3 Å². The lowest BCUT2D eigenvalue weighted by atomic mass is 9.94. The molecule has 3 aromatic rings. The third-order valence-electron chi connectivity index (χ3n) is 6.84. The van der Waals surface area contributed by atoms with E-state index in [2.05, 4.69) is 34.7 Å². The first-order chi connectivity index (χ1) is 17.2. The van der Waals surface area contributed by atoms with Crippen molar-refractivity contribution in [1.82, 2.24) is 4.90 Å². The highest BCUT2D eigenvalue weighted by molar-refractivity contribution is 9.10.